The molecular formula is C38H64FeN2P2Si2-6. The van der Waals surface area contributed by atoms with Crippen LogP contribution in [-0.2, 0) is 27.6 Å². The second-order valence-electron chi connectivity index (χ2n) is 17.7. The first-order valence-corrected chi connectivity index (χ1v) is 26.8. The molecule has 6 fully saturated rings. The Bertz CT molecular complexity index is 1170. The molecule has 2 aliphatic heterocycles. The van der Waals surface area contributed by atoms with Crippen LogP contribution >= 0.6 is 18.5 Å². The molecule has 8 rings (SSSR count). The third kappa shape index (κ3) is 6.80. The number of hydrogen-bond acceptors (Lipinski definition) is 2. The van der Waals surface area contributed by atoms with Crippen molar-refractivity contribution in [3.8, 4) is 0 Å². The summed E-state index contributed by atoms with van der Waals surface area (Å²) in [5.74, 6) is 3.82. The Labute approximate surface area is 294 Å². The van der Waals surface area contributed by atoms with Crippen molar-refractivity contribution >= 4 is 45.0 Å². The van der Waals surface area contributed by atoms with Gasteiger partial charge in [-0.2, -0.15) is 27.6 Å². The van der Waals surface area contributed by atoms with Gasteiger partial charge in [-0.25, -0.2) is 0 Å². The van der Waals surface area contributed by atoms with Gasteiger partial charge in [0, 0.05) is 37.2 Å². The average molecular weight is 723 g/mol. The normalized spacial score (nSPS) is 34.4. The van der Waals surface area contributed by atoms with Gasteiger partial charge in [-0.15, -0.1) is 18.5 Å². The fraction of sp³-hybridized carbons (Fsp3) is 0.737. The molecule has 4 unspecified atom stereocenters. The van der Waals surface area contributed by atoms with Gasteiger partial charge >= 0.3 is 0 Å². The number of nitrogens with one attached hydrogen (secondary N) is 2. The first-order chi connectivity index (χ1) is 20.9. The molecule has 2 heterocycles. The van der Waals surface area contributed by atoms with Crippen molar-refractivity contribution < 1.29 is 17.1 Å². The van der Waals surface area contributed by atoms with E-state index < -0.39 is 16.1 Å². The first kappa shape index (κ1) is 36.7. The molecule has 258 valence electrons. The standard InChI is InChI=1S/C33H59N2P2Si2.C5H5.Fe/c1-38(2,3)27-20-26(33(37,28-11-7-9-13-34-28)29-12-8-10-14-35-29)30(31(27)39(4,5)6)32(21-36)24-16-22-15-23(18-24)19-25(32)17-22;1-2-4-5-3-1;/h20,22-25,28-29,34-35H,7-19,21,36-37H2,1-6H3;1-5H;/q-1;-5;. The molecule has 0 aromatic heterocycles. The van der Waals surface area contributed by atoms with E-state index >= 15 is 0 Å². The van der Waals surface area contributed by atoms with Crippen LogP contribution in [-0.4, -0.2) is 47.5 Å². The summed E-state index contributed by atoms with van der Waals surface area (Å²) >= 11 is 0. The van der Waals surface area contributed by atoms with Crippen LogP contribution in [0, 0.1) is 23.7 Å². The summed E-state index contributed by atoms with van der Waals surface area (Å²) in [5, 5.41) is 12.1. The molecule has 2 N–H and O–H groups in total. The molecule has 6 aliphatic rings. The molecule has 0 radical (unpaired) electrons. The Morgan fingerprint density at radius 3 is 1.62 bits per heavy atom. The molecule has 7 heteroatoms. The molecule has 0 spiro atoms. The topological polar surface area (TPSA) is 24.1 Å². The molecule has 4 saturated carbocycles. The van der Waals surface area contributed by atoms with Crippen molar-refractivity contribution in [1.82, 2.24) is 10.6 Å². The molecule has 2 aromatic rings. The number of piperidine rings is 2. The quantitative estimate of drug-likeness (QED) is 0.173. The summed E-state index contributed by atoms with van der Waals surface area (Å²) < 4.78 is 0. The van der Waals surface area contributed by atoms with Gasteiger partial charge < -0.3 is 41.0 Å². The van der Waals surface area contributed by atoms with Gasteiger partial charge in [0.2, 0.25) is 0 Å². The van der Waals surface area contributed by atoms with Crippen LogP contribution in [0.25, 0.3) is 0 Å². The average Bonchev–Trinajstić information content (AvgIpc) is 3.71. The monoisotopic (exact) mass is 722 g/mol. The van der Waals surface area contributed by atoms with Crippen molar-refractivity contribution in [3.05, 3.63) is 47.5 Å². The van der Waals surface area contributed by atoms with Crippen LogP contribution < -0.4 is 21.0 Å². The third-order valence-corrected chi connectivity index (χ3v) is 18.9. The summed E-state index contributed by atoms with van der Waals surface area (Å²) in [5.41, 5.74) is 4.11. The van der Waals surface area contributed by atoms with Gasteiger partial charge in [0.15, 0.2) is 0 Å². The Balaban J connectivity index is 0.000000609. The van der Waals surface area contributed by atoms with Crippen LogP contribution in [0.3, 0.4) is 0 Å². The van der Waals surface area contributed by atoms with Crippen LogP contribution in [0.15, 0.2) is 36.4 Å². The molecule has 4 atom stereocenters. The second-order valence-corrected chi connectivity index (χ2v) is 29.1. The summed E-state index contributed by atoms with van der Waals surface area (Å²) in [6.45, 7) is 18.4. The molecular weight excluding hydrogens is 658 g/mol. The molecule has 4 bridgehead atoms. The Morgan fingerprint density at radius 1 is 0.800 bits per heavy atom. The largest absolute Gasteiger partial charge is 0.748 e. The maximum atomic E-state index is 4.14. The van der Waals surface area contributed by atoms with E-state index in [-0.39, 0.29) is 22.2 Å². The minimum absolute atomic E-state index is 0. The van der Waals surface area contributed by atoms with Gasteiger partial charge in [-0.3, -0.25) is 0 Å². The van der Waals surface area contributed by atoms with Crippen molar-refractivity contribution in [2.45, 2.75) is 133 Å². The molecule has 0 amide bonds. The first-order valence-electron chi connectivity index (χ1n) is 18.4. The summed E-state index contributed by atoms with van der Waals surface area (Å²) in [6.07, 6.45) is 16.9. The predicted molar refractivity (Wildman–Crippen MR) is 206 cm³/mol. The van der Waals surface area contributed by atoms with Gasteiger partial charge in [-0.1, -0.05) is 57.5 Å². The van der Waals surface area contributed by atoms with E-state index in [1.54, 1.807) is 12.0 Å². The number of rotatable bonds is 7. The van der Waals surface area contributed by atoms with E-state index in [2.05, 4.69) is 74.5 Å². The maximum Gasteiger partial charge on any atom is 0.0508 e. The zero-order valence-electron chi connectivity index (χ0n) is 29.3. The van der Waals surface area contributed by atoms with Crippen LogP contribution in [0.2, 0.25) is 39.3 Å². The van der Waals surface area contributed by atoms with E-state index in [1.165, 1.54) is 83.5 Å². The van der Waals surface area contributed by atoms with Gasteiger partial charge in [0.05, 0.1) is 8.07 Å². The SMILES string of the molecule is C[Si](C)(C)c1c(C2(CP)C3CC4CC(C3)CC2C4)c(C(P)(C2CCCCN2)C2CCCCN2)c[c-]1[Si](C)(C)C.[Fe].[cH-]1[cH-][cH-][cH-][cH-]1. The molecule has 2 nitrogen and oxygen atoms in total. The van der Waals surface area contributed by atoms with Crippen LogP contribution in [0.1, 0.15) is 81.8 Å². The van der Waals surface area contributed by atoms with Crippen LogP contribution in [0.5, 0.6) is 0 Å². The van der Waals surface area contributed by atoms with Crippen LogP contribution in [0.4, 0.5) is 0 Å². The maximum absolute atomic E-state index is 4.14. The Morgan fingerprint density at radius 2 is 1.27 bits per heavy atom. The molecule has 2 saturated heterocycles. The van der Waals surface area contributed by atoms with Crippen molar-refractivity contribution in [1.29, 1.82) is 0 Å². The van der Waals surface area contributed by atoms with Gasteiger partial charge in [-0.05, 0) is 106 Å². The Hall–Kier alpha value is 0.433. The van der Waals surface area contributed by atoms with E-state index in [1.807, 2.05) is 46.3 Å². The summed E-state index contributed by atoms with van der Waals surface area (Å²) in [7, 11) is 3.86. The smallest absolute Gasteiger partial charge is 0.0508 e. The van der Waals surface area contributed by atoms with Crippen molar-refractivity contribution in [3.63, 3.8) is 0 Å². The fourth-order valence-electron chi connectivity index (χ4n) is 11.1. The van der Waals surface area contributed by atoms with Crippen molar-refractivity contribution in [2.75, 3.05) is 19.3 Å². The van der Waals surface area contributed by atoms with E-state index in [0.29, 0.717) is 17.5 Å². The molecule has 45 heavy (non-hydrogen) atoms. The molecule has 2 aromatic carbocycles. The van der Waals surface area contributed by atoms with Crippen molar-refractivity contribution in [2.24, 2.45) is 23.7 Å². The minimum Gasteiger partial charge on any atom is -0.748 e. The second kappa shape index (κ2) is 14.3. The van der Waals surface area contributed by atoms with E-state index in [0.717, 1.165) is 23.7 Å². The number of hydrogen-bond donors (Lipinski definition) is 2. The third-order valence-electron chi connectivity index (χ3n) is 12.8. The molecule has 4 aliphatic carbocycles. The zero-order valence-corrected chi connectivity index (χ0v) is 34.7. The minimum atomic E-state index is -1.61. The zero-order chi connectivity index (χ0) is 31.3. The fourth-order valence-corrected chi connectivity index (χ4v) is 18.4. The van der Waals surface area contributed by atoms with Gasteiger partial charge in [0.25, 0.3) is 0 Å². The predicted octanol–water partition coefficient (Wildman–Crippen LogP) is 7.82. The summed E-state index contributed by atoms with van der Waals surface area (Å²) in [6, 6.07) is 14.0. The van der Waals surface area contributed by atoms with E-state index in [4.69, 9.17) is 0 Å². The Kier molecular flexibility index (Phi) is 11.7. The van der Waals surface area contributed by atoms with E-state index in [9.17, 15) is 0 Å². The van der Waals surface area contributed by atoms with Gasteiger partial charge in [0.1, 0.15) is 0 Å². The summed E-state index contributed by atoms with van der Waals surface area (Å²) in [4.78, 5) is 0.